The van der Waals surface area contributed by atoms with Crippen molar-refractivity contribution < 1.29 is 5.11 Å². The van der Waals surface area contributed by atoms with E-state index in [1.807, 2.05) is 48.5 Å². The second kappa shape index (κ2) is 5.36. The van der Waals surface area contributed by atoms with E-state index in [2.05, 4.69) is 26.0 Å². The number of aliphatic hydroxyl groups is 1. The Labute approximate surface area is 109 Å². The van der Waals surface area contributed by atoms with E-state index in [0.717, 1.165) is 12.0 Å². The van der Waals surface area contributed by atoms with Crippen LogP contribution >= 0.6 is 0 Å². The van der Waals surface area contributed by atoms with Crippen molar-refractivity contribution in [2.24, 2.45) is 0 Å². The molecule has 0 aliphatic rings. The van der Waals surface area contributed by atoms with Crippen LogP contribution in [0.2, 0.25) is 0 Å². The fourth-order valence-corrected chi connectivity index (χ4v) is 2.38. The van der Waals surface area contributed by atoms with Crippen LogP contribution in [0.25, 0.3) is 0 Å². The number of rotatable bonds is 4. The van der Waals surface area contributed by atoms with Gasteiger partial charge < -0.3 is 5.11 Å². The topological polar surface area (TPSA) is 20.2 Å². The van der Waals surface area contributed by atoms with E-state index >= 15 is 0 Å². The van der Waals surface area contributed by atoms with Gasteiger partial charge in [-0.05, 0) is 17.5 Å². The molecule has 0 aliphatic heterocycles. The minimum Gasteiger partial charge on any atom is -0.387 e. The first kappa shape index (κ1) is 12.8. The van der Waals surface area contributed by atoms with Crippen LogP contribution < -0.4 is 0 Å². The predicted octanol–water partition coefficient (Wildman–Crippen LogP) is 4.09. The van der Waals surface area contributed by atoms with Crippen molar-refractivity contribution in [1.82, 2.24) is 0 Å². The van der Waals surface area contributed by atoms with E-state index in [0.29, 0.717) is 0 Å². The molecular weight excluding hydrogens is 220 g/mol. The van der Waals surface area contributed by atoms with Crippen molar-refractivity contribution in [2.75, 3.05) is 0 Å². The molecule has 0 amide bonds. The highest BCUT2D eigenvalue weighted by molar-refractivity contribution is 5.31. The zero-order valence-corrected chi connectivity index (χ0v) is 11.0. The van der Waals surface area contributed by atoms with Gasteiger partial charge in [-0.25, -0.2) is 0 Å². The van der Waals surface area contributed by atoms with E-state index in [-0.39, 0.29) is 5.41 Å². The van der Waals surface area contributed by atoms with E-state index in [9.17, 15) is 5.11 Å². The Hall–Kier alpha value is -1.60. The van der Waals surface area contributed by atoms with Crippen molar-refractivity contribution in [3.63, 3.8) is 0 Å². The Morgan fingerprint density at radius 3 is 1.94 bits per heavy atom. The van der Waals surface area contributed by atoms with Crippen molar-refractivity contribution in [3.8, 4) is 0 Å². The second-order valence-electron chi connectivity index (χ2n) is 4.95. The summed E-state index contributed by atoms with van der Waals surface area (Å²) in [6, 6.07) is 20.1. The van der Waals surface area contributed by atoms with Gasteiger partial charge in [0, 0.05) is 5.41 Å². The van der Waals surface area contributed by atoms with Crippen LogP contribution in [0.1, 0.15) is 37.5 Å². The maximum atomic E-state index is 10.7. The summed E-state index contributed by atoms with van der Waals surface area (Å²) >= 11 is 0. The van der Waals surface area contributed by atoms with Gasteiger partial charge in [0.05, 0.1) is 6.10 Å². The normalized spacial score (nSPS) is 15.9. The average Bonchev–Trinajstić information content (AvgIpc) is 2.47. The van der Waals surface area contributed by atoms with Gasteiger partial charge in [0.2, 0.25) is 0 Å². The highest BCUT2D eigenvalue weighted by atomic mass is 16.3. The first-order valence-electron chi connectivity index (χ1n) is 6.47. The highest BCUT2D eigenvalue weighted by Crippen LogP contribution is 2.39. The van der Waals surface area contributed by atoms with E-state index in [1.54, 1.807) is 0 Å². The lowest BCUT2D eigenvalue weighted by molar-refractivity contribution is 0.0869. The molecule has 94 valence electrons. The van der Waals surface area contributed by atoms with Gasteiger partial charge >= 0.3 is 0 Å². The van der Waals surface area contributed by atoms with Gasteiger partial charge in [0.1, 0.15) is 0 Å². The quantitative estimate of drug-likeness (QED) is 0.853. The molecule has 0 aromatic heterocycles. The minimum atomic E-state index is -0.480. The summed E-state index contributed by atoms with van der Waals surface area (Å²) in [5.74, 6) is 0. The largest absolute Gasteiger partial charge is 0.387 e. The third-order valence-corrected chi connectivity index (χ3v) is 3.89. The molecule has 1 N–H and O–H groups in total. The molecule has 0 heterocycles. The minimum absolute atomic E-state index is 0.247. The van der Waals surface area contributed by atoms with Crippen LogP contribution in [0.4, 0.5) is 0 Å². The summed E-state index contributed by atoms with van der Waals surface area (Å²) in [6.07, 6.45) is 0.415. The standard InChI is InChI=1S/C17H20O/c1-3-17(2,15-12-8-5-9-13-15)16(18)14-10-6-4-7-11-14/h4-13,16,18H,3H2,1-2H3/t16-,17+/m0/s1. The van der Waals surface area contributed by atoms with Gasteiger partial charge in [-0.1, -0.05) is 74.5 Å². The van der Waals surface area contributed by atoms with Gasteiger partial charge in [0.25, 0.3) is 0 Å². The molecule has 2 aromatic carbocycles. The first-order chi connectivity index (χ1) is 8.68. The van der Waals surface area contributed by atoms with Crippen molar-refractivity contribution in [2.45, 2.75) is 31.8 Å². The SMILES string of the molecule is CC[C@](C)(c1ccccc1)[C@@H](O)c1ccccc1. The molecule has 2 rings (SSSR count). The van der Waals surface area contributed by atoms with Crippen molar-refractivity contribution >= 4 is 0 Å². The van der Waals surface area contributed by atoms with Crippen LogP contribution in [0.15, 0.2) is 60.7 Å². The summed E-state index contributed by atoms with van der Waals surface area (Å²) < 4.78 is 0. The molecular formula is C17H20O. The maximum absolute atomic E-state index is 10.7. The Morgan fingerprint density at radius 2 is 1.44 bits per heavy atom. The molecule has 0 saturated carbocycles. The van der Waals surface area contributed by atoms with Gasteiger partial charge in [-0.2, -0.15) is 0 Å². The second-order valence-corrected chi connectivity index (χ2v) is 4.95. The molecule has 2 atom stereocenters. The number of aliphatic hydroxyl groups excluding tert-OH is 1. The maximum Gasteiger partial charge on any atom is 0.0883 e. The Balaban J connectivity index is 2.39. The molecule has 0 spiro atoms. The number of hydrogen-bond acceptors (Lipinski definition) is 1. The zero-order valence-electron chi connectivity index (χ0n) is 11.0. The van der Waals surface area contributed by atoms with Crippen molar-refractivity contribution in [1.29, 1.82) is 0 Å². The molecule has 2 aromatic rings. The van der Waals surface area contributed by atoms with Gasteiger partial charge in [-0.15, -0.1) is 0 Å². The lowest BCUT2D eigenvalue weighted by Gasteiger charge is -2.34. The van der Waals surface area contributed by atoms with E-state index < -0.39 is 6.10 Å². The lowest BCUT2D eigenvalue weighted by Crippen LogP contribution is -2.29. The Bertz CT molecular complexity index is 477. The fourth-order valence-electron chi connectivity index (χ4n) is 2.38. The molecule has 0 saturated heterocycles. The molecule has 0 fully saturated rings. The molecule has 18 heavy (non-hydrogen) atoms. The summed E-state index contributed by atoms with van der Waals surface area (Å²) in [4.78, 5) is 0. The third kappa shape index (κ3) is 2.32. The van der Waals surface area contributed by atoms with Crippen molar-refractivity contribution in [3.05, 3.63) is 71.8 Å². The molecule has 1 heteroatoms. The Morgan fingerprint density at radius 1 is 0.944 bits per heavy atom. The monoisotopic (exact) mass is 240 g/mol. The predicted molar refractivity (Wildman–Crippen MR) is 75.5 cm³/mol. The number of benzene rings is 2. The van der Waals surface area contributed by atoms with E-state index in [1.165, 1.54) is 5.56 Å². The van der Waals surface area contributed by atoms with E-state index in [4.69, 9.17) is 0 Å². The van der Waals surface area contributed by atoms with Crippen LogP contribution in [0, 0.1) is 0 Å². The average molecular weight is 240 g/mol. The van der Waals surface area contributed by atoms with Gasteiger partial charge in [0.15, 0.2) is 0 Å². The molecule has 0 radical (unpaired) electrons. The smallest absolute Gasteiger partial charge is 0.0883 e. The Kier molecular flexibility index (Phi) is 3.83. The highest BCUT2D eigenvalue weighted by Gasteiger charge is 2.33. The molecule has 0 unspecified atom stereocenters. The fraction of sp³-hybridized carbons (Fsp3) is 0.294. The zero-order chi connectivity index (χ0) is 13.0. The van der Waals surface area contributed by atoms with Crippen LogP contribution in [0.5, 0.6) is 0 Å². The van der Waals surface area contributed by atoms with Crippen LogP contribution in [0.3, 0.4) is 0 Å². The molecule has 0 aliphatic carbocycles. The summed E-state index contributed by atoms with van der Waals surface area (Å²) in [6.45, 7) is 4.25. The molecule has 0 bridgehead atoms. The third-order valence-electron chi connectivity index (χ3n) is 3.89. The van der Waals surface area contributed by atoms with Crippen LogP contribution in [-0.2, 0) is 5.41 Å². The number of hydrogen-bond donors (Lipinski definition) is 1. The van der Waals surface area contributed by atoms with Gasteiger partial charge in [-0.3, -0.25) is 0 Å². The summed E-state index contributed by atoms with van der Waals surface area (Å²) in [5.41, 5.74) is 1.91. The lowest BCUT2D eigenvalue weighted by atomic mass is 9.73. The molecule has 1 nitrogen and oxygen atoms in total. The van der Waals surface area contributed by atoms with Crippen LogP contribution in [-0.4, -0.2) is 5.11 Å². The first-order valence-corrected chi connectivity index (χ1v) is 6.47. The summed E-state index contributed by atoms with van der Waals surface area (Å²) in [5, 5.41) is 10.7. The summed E-state index contributed by atoms with van der Waals surface area (Å²) in [7, 11) is 0.